The van der Waals surface area contributed by atoms with Crippen LogP contribution in [-0.4, -0.2) is 48.3 Å². The summed E-state index contributed by atoms with van der Waals surface area (Å²) in [5.41, 5.74) is 0. The van der Waals surface area contributed by atoms with Crippen molar-refractivity contribution in [3.05, 3.63) is 0 Å². The van der Waals surface area contributed by atoms with Crippen LogP contribution >= 0.6 is 11.8 Å². The van der Waals surface area contributed by atoms with Gasteiger partial charge in [-0.05, 0) is 32.6 Å². The van der Waals surface area contributed by atoms with Crippen molar-refractivity contribution in [2.24, 2.45) is 5.92 Å². The monoisotopic (exact) mass is 246 g/mol. The third kappa shape index (κ3) is 3.96. The molecular formula is C11H22N2O2S. The van der Waals surface area contributed by atoms with Crippen LogP contribution in [0.2, 0.25) is 0 Å². The van der Waals surface area contributed by atoms with Crippen molar-refractivity contribution in [1.82, 2.24) is 10.6 Å². The standard InChI is InChI=1S/C11H22N2O2S/c1-8(10(7-14)16-2)13-11(15)9-4-3-5-12-6-9/h8-10,12,14H,3-7H2,1-2H3,(H,13,15)/t8?,9-,10?/m0/s1. The molecule has 1 aliphatic rings. The van der Waals surface area contributed by atoms with Gasteiger partial charge in [-0.25, -0.2) is 0 Å². The first-order valence-corrected chi connectivity index (χ1v) is 7.12. The first-order chi connectivity index (χ1) is 7.69. The molecule has 1 amide bonds. The van der Waals surface area contributed by atoms with Crippen molar-refractivity contribution in [2.75, 3.05) is 26.0 Å². The van der Waals surface area contributed by atoms with E-state index in [1.54, 1.807) is 11.8 Å². The second kappa shape index (κ2) is 7.14. The number of carbonyl (C=O) groups is 1. The summed E-state index contributed by atoms with van der Waals surface area (Å²) in [6.07, 6.45) is 3.98. The van der Waals surface area contributed by atoms with Crippen LogP contribution in [0.5, 0.6) is 0 Å². The maximum absolute atomic E-state index is 11.9. The van der Waals surface area contributed by atoms with Gasteiger partial charge in [0.2, 0.25) is 5.91 Å². The molecule has 16 heavy (non-hydrogen) atoms. The van der Waals surface area contributed by atoms with Gasteiger partial charge in [0.05, 0.1) is 12.5 Å². The van der Waals surface area contributed by atoms with Crippen molar-refractivity contribution in [2.45, 2.75) is 31.1 Å². The van der Waals surface area contributed by atoms with E-state index in [1.807, 2.05) is 13.2 Å². The van der Waals surface area contributed by atoms with Crippen molar-refractivity contribution >= 4 is 17.7 Å². The number of hydrogen-bond acceptors (Lipinski definition) is 4. The number of thioether (sulfide) groups is 1. The summed E-state index contributed by atoms with van der Waals surface area (Å²) in [7, 11) is 0. The Balaban J connectivity index is 2.37. The Morgan fingerprint density at radius 1 is 1.69 bits per heavy atom. The van der Waals surface area contributed by atoms with Gasteiger partial charge in [0.25, 0.3) is 0 Å². The van der Waals surface area contributed by atoms with Gasteiger partial charge in [0.15, 0.2) is 0 Å². The molecule has 0 bridgehead atoms. The minimum absolute atomic E-state index is 0.0226. The molecule has 1 aliphatic heterocycles. The Morgan fingerprint density at radius 3 is 2.94 bits per heavy atom. The minimum Gasteiger partial charge on any atom is -0.395 e. The van der Waals surface area contributed by atoms with Crippen LogP contribution in [0.25, 0.3) is 0 Å². The van der Waals surface area contributed by atoms with Crippen LogP contribution in [0, 0.1) is 5.92 Å². The van der Waals surface area contributed by atoms with Gasteiger partial charge in [-0.15, -0.1) is 0 Å². The molecule has 0 saturated carbocycles. The summed E-state index contributed by atoms with van der Waals surface area (Å²) in [4.78, 5) is 11.9. The van der Waals surface area contributed by atoms with E-state index in [2.05, 4.69) is 10.6 Å². The Kier molecular flexibility index (Phi) is 6.16. The van der Waals surface area contributed by atoms with Crippen LogP contribution in [0.3, 0.4) is 0 Å². The molecule has 2 unspecified atom stereocenters. The molecular weight excluding hydrogens is 224 g/mol. The van der Waals surface area contributed by atoms with E-state index in [0.29, 0.717) is 0 Å². The van der Waals surface area contributed by atoms with Crippen LogP contribution < -0.4 is 10.6 Å². The Bertz CT molecular complexity index is 216. The highest BCUT2D eigenvalue weighted by Crippen LogP contribution is 2.13. The van der Waals surface area contributed by atoms with E-state index in [9.17, 15) is 4.79 Å². The number of aliphatic hydroxyl groups excluding tert-OH is 1. The third-order valence-electron chi connectivity index (χ3n) is 3.08. The zero-order valence-electron chi connectivity index (χ0n) is 10.0. The van der Waals surface area contributed by atoms with Gasteiger partial charge < -0.3 is 15.7 Å². The van der Waals surface area contributed by atoms with E-state index in [1.165, 1.54) is 0 Å². The fourth-order valence-electron chi connectivity index (χ4n) is 1.95. The van der Waals surface area contributed by atoms with Gasteiger partial charge in [-0.3, -0.25) is 4.79 Å². The number of hydrogen-bond donors (Lipinski definition) is 3. The first-order valence-electron chi connectivity index (χ1n) is 5.83. The van der Waals surface area contributed by atoms with E-state index in [0.717, 1.165) is 25.9 Å². The predicted molar refractivity (Wildman–Crippen MR) is 67.6 cm³/mol. The molecule has 0 aliphatic carbocycles. The van der Waals surface area contributed by atoms with E-state index in [4.69, 9.17) is 5.11 Å². The summed E-state index contributed by atoms with van der Waals surface area (Å²) in [5.74, 6) is 0.213. The average Bonchev–Trinajstić information content (AvgIpc) is 2.31. The first kappa shape index (κ1) is 13.8. The second-order valence-electron chi connectivity index (χ2n) is 4.30. The van der Waals surface area contributed by atoms with Gasteiger partial charge >= 0.3 is 0 Å². The van der Waals surface area contributed by atoms with E-state index in [-0.39, 0.29) is 29.7 Å². The molecule has 3 N–H and O–H groups in total. The van der Waals surface area contributed by atoms with Crippen molar-refractivity contribution < 1.29 is 9.90 Å². The second-order valence-corrected chi connectivity index (χ2v) is 5.37. The molecule has 0 radical (unpaired) electrons. The number of carbonyl (C=O) groups excluding carboxylic acids is 1. The molecule has 94 valence electrons. The normalized spacial score (nSPS) is 24.8. The van der Waals surface area contributed by atoms with Crippen LogP contribution in [-0.2, 0) is 4.79 Å². The molecule has 3 atom stereocenters. The third-order valence-corrected chi connectivity index (χ3v) is 4.24. The fraction of sp³-hybridized carbons (Fsp3) is 0.909. The van der Waals surface area contributed by atoms with Crippen LogP contribution in [0.1, 0.15) is 19.8 Å². The van der Waals surface area contributed by atoms with Crippen LogP contribution in [0.15, 0.2) is 0 Å². The lowest BCUT2D eigenvalue weighted by Gasteiger charge is -2.26. The highest BCUT2D eigenvalue weighted by molar-refractivity contribution is 7.99. The molecule has 0 aromatic carbocycles. The SMILES string of the molecule is CSC(CO)C(C)NC(=O)[C@H]1CCCNC1. The minimum atomic E-state index is 0.0226. The number of nitrogens with one attached hydrogen (secondary N) is 2. The van der Waals surface area contributed by atoms with Crippen molar-refractivity contribution in [1.29, 1.82) is 0 Å². The summed E-state index contributed by atoms with van der Waals surface area (Å²) >= 11 is 1.59. The van der Waals surface area contributed by atoms with Gasteiger partial charge in [-0.2, -0.15) is 11.8 Å². The lowest BCUT2D eigenvalue weighted by atomic mass is 9.98. The Morgan fingerprint density at radius 2 is 2.44 bits per heavy atom. The average molecular weight is 246 g/mol. The van der Waals surface area contributed by atoms with Gasteiger partial charge in [0, 0.05) is 17.8 Å². The molecule has 1 fully saturated rings. The smallest absolute Gasteiger partial charge is 0.224 e. The molecule has 5 heteroatoms. The zero-order valence-corrected chi connectivity index (χ0v) is 10.8. The largest absolute Gasteiger partial charge is 0.395 e. The summed E-state index contributed by atoms with van der Waals surface area (Å²) in [6.45, 7) is 3.85. The van der Waals surface area contributed by atoms with Crippen molar-refractivity contribution in [3.63, 3.8) is 0 Å². The molecule has 1 rings (SSSR count). The molecule has 4 nitrogen and oxygen atoms in total. The van der Waals surface area contributed by atoms with E-state index < -0.39 is 0 Å². The molecule has 0 spiro atoms. The Labute approximate surface area is 102 Å². The van der Waals surface area contributed by atoms with Crippen molar-refractivity contribution in [3.8, 4) is 0 Å². The maximum Gasteiger partial charge on any atom is 0.224 e. The molecule has 0 aromatic heterocycles. The fourth-order valence-corrected chi connectivity index (χ4v) is 2.57. The number of rotatable bonds is 5. The lowest BCUT2D eigenvalue weighted by molar-refractivity contribution is -0.126. The predicted octanol–water partition coefficient (Wildman–Crippen LogP) is 0.215. The quantitative estimate of drug-likeness (QED) is 0.649. The molecule has 1 saturated heterocycles. The summed E-state index contributed by atoms with van der Waals surface area (Å²) < 4.78 is 0. The number of aliphatic hydroxyl groups is 1. The summed E-state index contributed by atoms with van der Waals surface area (Å²) in [6, 6.07) is 0.0226. The molecule has 1 heterocycles. The lowest BCUT2D eigenvalue weighted by Crippen LogP contribution is -2.47. The Hall–Kier alpha value is -0.260. The summed E-state index contributed by atoms with van der Waals surface area (Å²) in [5, 5.41) is 15.4. The number of amides is 1. The zero-order chi connectivity index (χ0) is 12.0. The van der Waals surface area contributed by atoms with E-state index >= 15 is 0 Å². The molecule has 0 aromatic rings. The van der Waals surface area contributed by atoms with Crippen LogP contribution in [0.4, 0.5) is 0 Å². The maximum atomic E-state index is 11.9. The highest BCUT2D eigenvalue weighted by Gasteiger charge is 2.24. The number of piperidine rings is 1. The van der Waals surface area contributed by atoms with Gasteiger partial charge in [-0.1, -0.05) is 0 Å². The topological polar surface area (TPSA) is 61.4 Å². The van der Waals surface area contributed by atoms with Gasteiger partial charge in [0.1, 0.15) is 0 Å². The highest BCUT2D eigenvalue weighted by atomic mass is 32.2.